The van der Waals surface area contributed by atoms with E-state index in [4.69, 9.17) is 20.1 Å². The van der Waals surface area contributed by atoms with Crippen molar-refractivity contribution >= 4 is 39.7 Å². The van der Waals surface area contributed by atoms with E-state index in [1.807, 2.05) is 37.4 Å². The van der Waals surface area contributed by atoms with E-state index < -0.39 is 0 Å². The summed E-state index contributed by atoms with van der Waals surface area (Å²) >= 11 is 0. The molecular formula is C46H45N3O. The second-order valence-corrected chi connectivity index (χ2v) is 14.4. The lowest BCUT2D eigenvalue weighted by Gasteiger charge is -2.40. The molecule has 3 unspecified atom stereocenters. The van der Waals surface area contributed by atoms with Crippen LogP contribution < -0.4 is 5.73 Å². The fourth-order valence-corrected chi connectivity index (χ4v) is 8.59. The van der Waals surface area contributed by atoms with Gasteiger partial charge in [0.25, 0.3) is 0 Å². The summed E-state index contributed by atoms with van der Waals surface area (Å²) in [4.78, 5) is 9.89. The Kier molecular flexibility index (Phi) is 8.27. The highest BCUT2D eigenvalue weighted by Gasteiger charge is 2.39. The number of hydrogen-bond donors (Lipinski definition) is 1. The van der Waals surface area contributed by atoms with Crippen molar-refractivity contribution in [2.75, 3.05) is 7.05 Å². The van der Waals surface area contributed by atoms with E-state index in [1.54, 1.807) is 0 Å². The summed E-state index contributed by atoms with van der Waals surface area (Å²) in [7, 11) is 1.82. The number of nitrogens with two attached hydrogens (primary N) is 1. The summed E-state index contributed by atoms with van der Waals surface area (Å²) in [5, 5.41) is 2.55. The number of rotatable bonds is 6. The van der Waals surface area contributed by atoms with Crippen molar-refractivity contribution in [3.63, 3.8) is 0 Å². The van der Waals surface area contributed by atoms with Crippen LogP contribution >= 0.6 is 0 Å². The predicted molar refractivity (Wildman–Crippen MR) is 210 cm³/mol. The molecule has 3 aromatic carbocycles. The Hall–Kier alpha value is -5.22. The quantitative estimate of drug-likeness (QED) is 0.166. The number of allylic oxidation sites excluding steroid dienone is 10. The van der Waals surface area contributed by atoms with Crippen LogP contribution in [0.1, 0.15) is 85.3 Å². The summed E-state index contributed by atoms with van der Waals surface area (Å²) in [6.07, 6.45) is 23.1. The van der Waals surface area contributed by atoms with E-state index >= 15 is 0 Å². The van der Waals surface area contributed by atoms with Gasteiger partial charge in [-0.1, -0.05) is 141 Å². The summed E-state index contributed by atoms with van der Waals surface area (Å²) in [6, 6.07) is 23.5. The molecule has 4 nitrogen and oxygen atoms in total. The number of nitrogens with zero attached hydrogens (tertiary/aromatic N) is 2. The van der Waals surface area contributed by atoms with Gasteiger partial charge in [-0.15, -0.1) is 0 Å². The Balaban J connectivity index is 1.37. The van der Waals surface area contributed by atoms with E-state index in [2.05, 4.69) is 106 Å². The smallest absolute Gasteiger partial charge is 0.160 e. The molecule has 8 rings (SSSR count). The fraction of sp³-hybridized carbons (Fsp3) is 0.261. The topological polar surface area (TPSA) is 63.9 Å². The van der Waals surface area contributed by atoms with Gasteiger partial charge in [-0.2, -0.15) is 0 Å². The molecule has 0 fully saturated rings. The van der Waals surface area contributed by atoms with Crippen LogP contribution in [-0.4, -0.2) is 18.7 Å². The van der Waals surface area contributed by atoms with E-state index in [0.29, 0.717) is 11.7 Å². The summed E-state index contributed by atoms with van der Waals surface area (Å²) in [5.74, 6) is 3.55. The number of benzene rings is 3. The van der Waals surface area contributed by atoms with Crippen LogP contribution in [0.25, 0.3) is 28.0 Å². The van der Waals surface area contributed by atoms with Gasteiger partial charge in [-0.3, -0.25) is 4.99 Å². The molecule has 0 amide bonds. The van der Waals surface area contributed by atoms with Crippen molar-refractivity contribution in [3.05, 3.63) is 160 Å². The van der Waals surface area contributed by atoms with Crippen molar-refractivity contribution in [1.29, 1.82) is 0 Å². The normalized spacial score (nSPS) is 23.0. The molecule has 2 N–H and O–H groups in total. The van der Waals surface area contributed by atoms with E-state index in [1.165, 1.54) is 49.7 Å². The molecular weight excluding hydrogens is 611 g/mol. The molecule has 0 bridgehead atoms. The molecule has 0 radical (unpaired) electrons. The lowest BCUT2D eigenvalue weighted by Crippen LogP contribution is -2.29. The Morgan fingerprint density at radius 2 is 1.76 bits per heavy atom. The maximum absolute atomic E-state index is 6.87. The zero-order chi connectivity index (χ0) is 34.4. The van der Waals surface area contributed by atoms with E-state index in [0.717, 1.165) is 54.8 Å². The number of hydrogen-bond acceptors (Lipinski definition) is 2. The lowest BCUT2D eigenvalue weighted by molar-refractivity contribution is 0.427. The molecule has 4 aromatic rings. The zero-order valence-electron chi connectivity index (χ0n) is 29.5. The van der Waals surface area contributed by atoms with Gasteiger partial charge in [-0.25, -0.2) is 4.99 Å². The van der Waals surface area contributed by atoms with Gasteiger partial charge in [0, 0.05) is 41.5 Å². The largest absolute Gasteiger partial charge is 0.460 e. The highest BCUT2D eigenvalue weighted by molar-refractivity contribution is 6.27. The van der Waals surface area contributed by atoms with Crippen LogP contribution in [0.5, 0.6) is 0 Å². The minimum absolute atomic E-state index is 0.116. The number of fused-ring (bicyclic) bond motifs is 5. The van der Waals surface area contributed by atoms with Gasteiger partial charge < -0.3 is 10.2 Å². The third-order valence-corrected chi connectivity index (χ3v) is 11.2. The minimum Gasteiger partial charge on any atom is -0.460 e. The van der Waals surface area contributed by atoms with Crippen molar-refractivity contribution in [2.24, 2.45) is 27.1 Å². The van der Waals surface area contributed by atoms with Crippen molar-refractivity contribution < 1.29 is 4.42 Å². The lowest BCUT2D eigenvalue weighted by atomic mass is 9.64. The van der Waals surface area contributed by atoms with Gasteiger partial charge in [-0.05, 0) is 65.1 Å². The monoisotopic (exact) mass is 655 g/mol. The first kappa shape index (κ1) is 32.0. The highest BCUT2D eigenvalue weighted by atomic mass is 16.3. The summed E-state index contributed by atoms with van der Waals surface area (Å²) < 4.78 is 6.87. The first-order chi connectivity index (χ1) is 24.4. The van der Waals surface area contributed by atoms with Crippen molar-refractivity contribution in [3.8, 4) is 0 Å². The standard InChI is InChI=1S/C46H45N3O/c1-5-30-26-32-17-9-10-18-33(32)27-37(30)35-22-24-46(3)23-14-13-20-39(46)38(35)28-34-25-29(2)41-36-19-11-12-21-40(36)50-43(41)42(34)45(48-4)49-44(47)31-15-7-6-8-16-31/h6-11,13-20,22-24,26-27,29,39H,5,12,21,25,28H2,1-4H3,(H2,47,48,49). The SMILES string of the molecule is CCc1cc2ccccc2cc1C1=C(CC2=C(C(=NC)N=C(N)c3ccccc3)c3oc4c(c3C(C)C2)C=CCC4)C2C=CC=CC2(C)C=C1. The van der Waals surface area contributed by atoms with Gasteiger partial charge in [0.15, 0.2) is 5.84 Å². The molecule has 0 aliphatic heterocycles. The molecule has 1 aromatic heterocycles. The first-order valence-electron chi connectivity index (χ1n) is 18.1. The molecule has 4 aliphatic rings. The van der Waals surface area contributed by atoms with E-state index in [9.17, 15) is 0 Å². The summed E-state index contributed by atoms with van der Waals surface area (Å²) in [6.45, 7) is 6.98. The van der Waals surface area contributed by atoms with Crippen LogP contribution in [-0.2, 0) is 12.8 Å². The number of amidine groups is 2. The Labute approximate surface area is 295 Å². The zero-order valence-corrected chi connectivity index (χ0v) is 29.5. The van der Waals surface area contributed by atoms with Crippen LogP contribution in [0.2, 0.25) is 0 Å². The predicted octanol–water partition coefficient (Wildman–Crippen LogP) is 10.8. The molecule has 4 aliphatic carbocycles. The highest BCUT2D eigenvalue weighted by Crippen LogP contribution is 2.52. The molecule has 0 saturated heterocycles. The molecule has 3 atom stereocenters. The van der Waals surface area contributed by atoms with Gasteiger partial charge in [0.05, 0.1) is 5.57 Å². The van der Waals surface area contributed by atoms with E-state index in [-0.39, 0.29) is 17.3 Å². The molecule has 0 saturated carbocycles. The minimum atomic E-state index is -0.116. The van der Waals surface area contributed by atoms with Gasteiger partial charge in [0.2, 0.25) is 0 Å². The fourth-order valence-electron chi connectivity index (χ4n) is 8.59. The number of furan rings is 1. The maximum Gasteiger partial charge on any atom is 0.160 e. The van der Waals surface area contributed by atoms with Crippen molar-refractivity contribution in [2.45, 2.75) is 58.8 Å². The number of aliphatic imine (C=N–C) groups is 2. The van der Waals surface area contributed by atoms with Crippen LogP contribution in [0.15, 0.2) is 135 Å². The van der Waals surface area contributed by atoms with Crippen LogP contribution in [0.4, 0.5) is 0 Å². The molecule has 250 valence electrons. The second-order valence-electron chi connectivity index (χ2n) is 14.4. The molecule has 4 heteroatoms. The second kappa shape index (κ2) is 12.9. The third kappa shape index (κ3) is 5.48. The van der Waals surface area contributed by atoms with Crippen LogP contribution in [0.3, 0.4) is 0 Å². The van der Waals surface area contributed by atoms with Crippen LogP contribution in [0, 0.1) is 11.3 Å². The molecule has 50 heavy (non-hydrogen) atoms. The Morgan fingerprint density at radius 1 is 0.980 bits per heavy atom. The maximum atomic E-state index is 6.87. The third-order valence-electron chi connectivity index (χ3n) is 11.2. The van der Waals surface area contributed by atoms with Crippen molar-refractivity contribution in [1.82, 2.24) is 0 Å². The van der Waals surface area contributed by atoms with Gasteiger partial charge >= 0.3 is 0 Å². The first-order valence-corrected chi connectivity index (χ1v) is 18.1. The molecule has 1 heterocycles. The average molecular weight is 656 g/mol. The number of aryl methyl sites for hydroxylation is 2. The Bertz CT molecular complexity index is 2250. The average Bonchev–Trinajstić information content (AvgIpc) is 3.54. The summed E-state index contributed by atoms with van der Waals surface area (Å²) in [5.41, 5.74) is 17.7. The Morgan fingerprint density at radius 3 is 2.54 bits per heavy atom. The molecule has 0 spiro atoms. The van der Waals surface area contributed by atoms with Gasteiger partial charge in [0.1, 0.15) is 17.4 Å².